The van der Waals surface area contributed by atoms with Crippen molar-refractivity contribution in [2.24, 2.45) is 0 Å². The molecule has 3 aromatic heterocycles. The van der Waals surface area contributed by atoms with Crippen molar-refractivity contribution in [3.05, 3.63) is 59.5 Å². The number of pyridine rings is 1. The highest BCUT2D eigenvalue weighted by Crippen LogP contribution is 2.19. The smallest absolute Gasteiger partial charge is 0.249 e. The van der Waals surface area contributed by atoms with Gasteiger partial charge in [0.25, 0.3) is 0 Å². The van der Waals surface area contributed by atoms with Crippen molar-refractivity contribution in [2.45, 2.75) is 19.4 Å². The lowest BCUT2D eigenvalue weighted by atomic mass is 10.2. The lowest BCUT2D eigenvalue weighted by molar-refractivity contribution is -0.121. The van der Waals surface area contributed by atoms with Crippen molar-refractivity contribution in [1.82, 2.24) is 30.4 Å². The van der Waals surface area contributed by atoms with Gasteiger partial charge in [-0.25, -0.2) is 4.98 Å². The van der Waals surface area contributed by atoms with Crippen LogP contribution in [-0.2, 0) is 11.2 Å². The molecule has 0 spiro atoms. The van der Waals surface area contributed by atoms with Crippen LogP contribution < -0.4 is 5.32 Å². The molecule has 0 aliphatic heterocycles. The molecule has 1 unspecified atom stereocenters. The first-order valence-corrected chi connectivity index (χ1v) is 8.64. The molecular weight excluding hydrogens is 368 g/mol. The molecule has 0 aliphatic carbocycles. The molecule has 2 N–H and O–H groups in total. The Morgan fingerprint density at radius 2 is 2.22 bits per heavy atom. The minimum Gasteiger partial charge on any atom is -0.344 e. The van der Waals surface area contributed by atoms with Gasteiger partial charge in [-0.2, -0.15) is 4.98 Å². The van der Waals surface area contributed by atoms with E-state index in [2.05, 4.69) is 30.4 Å². The zero-order chi connectivity index (χ0) is 18.8. The summed E-state index contributed by atoms with van der Waals surface area (Å²) in [6, 6.07) is 8.51. The number of fused-ring (bicyclic) bond motifs is 1. The van der Waals surface area contributed by atoms with Crippen molar-refractivity contribution in [2.75, 3.05) is 0 Å². The number of nitrogens with zero attached hydrogens (tertiary/aromatic N) is 4. The van der Waals surface area contributed by atoms with Gasteiger partial charge in [-0.05, 0) is 37.3 Å². The maximum atomic E-state index is 12.3. The molecule has 0 saturated carbocycles. The molecule has 1 atom stereocenters. The molecule has 8 nitrogen and oxygen atoms in total. The van der Waals surface area contributed by atoms with E-state index in [0.29, 0.717) is 22.6 Å². The van der Waals surface area contributed by atoms with E-state index in [-0.39, 0.29) is 12.3 Å². The third kappa shape index (κ3) is 3.80. The van der Waals surface area contributed by atoms with E-state index < -0.39 is 6.04 Å². The predicted octanol–water partition coefficient (Wildman–Crippen LogP) is 3.08. The standard InChI is InChI=1S/C18H15ClN6O2/c1-10(18-24-17(25-27-18)11-3-2-6-20-9-11)21-16(26)8-15-22-13-5-4-12(19)7-14(13)23-15/h2-7,9-10H,8H2,1H3,(H,21,26)(H,22,23). The highest BCUT2D eigenvalue weighted by atomic mass is 35.5. The quantitative estimate of drug-likeness (QED) is 0.549. The molecule has 0 bridgehead atoms. The van der Waals surface area contributed by atoms with Crippen LogP contribution >= 0.6 is 11.6 Å². The summed E-state index contributed by atoms with van der Waals surface area (Å²) in [5.74, 6) is 1.08. The van der Waals surface area contributed by atoms with Gasteiger partial charge in [0.2, 0.25) is 17.6 Å². The van der Waals surface area contributed by atoms with Gasteiger partial charge in [0.05, 0.1) is 17.5 Å². The van der Waals surface area contributed by atoms with E-state index in [1.165, 1.54) is 0 Å². The normalized spacial score (nSPS) is 12.2. The number of halogens is 1. The van der Waals surface area contributed by atoms with E-state index in [1.54, 1.807) is 43.6 Å². The monoisotopic (exact) mass is 382 g/mol. The number of hydrogen-bond acceptors (Lipinski definition) is 6. The third-order valence-electron chi connectivity index (χ3n) is 3.93. The van der Waals surface area contributed by atoms with Crippen molar-refractivity contribution >= 4 is 28.5 Å². The summed E-state index contributed by atoms with van der Waals surface area (Å²) in [5, 5.41) is 7.36. The first-order valence-electron chi connectivity index (χ1n) is 8.26. The van der Waals surface area contributed by atoms with Crippen LogP contribution in [0, 0.1) is 0 Å². The van der Waals surface area contributed by atoms with Gasteiger partial charge in [0.1, 0.15) is 11.9 Å². The van der Waals surface area contributed by atoms with E-state index in [0.717, 1.165) is 16.6 Å². The van der Waals surface area contributed by atoms with Crippen molar-refractivity contribution in [1.29, 1.82) is 0 Å². The number of imidazole rings is 1. The van der Waals surface area contributed by atoms with Crippen LogP contribution in [0.3, 0.4) is 0 Å². The fourth-order valence-electron chi connectivity index (χ4n) is 2.65. The van der Waals surface area contributed by atoms with E-state index in [9.17, 15) is 4.79 Å². The van der Waals surface area contributed by atoms with E-state index in [4.69, 9.17) is 16.1 Å². The maximum absolute atomic E-state index is 12.3. The first kappa shape index (κ1) is 17.2. The Morgan fingerprint density at radius 3 is 3.04 bits per heavy atom. The number of benzene rings is 1. The summed E-state index contributed by atoms with van der Waals surface area (Å²) in [5.41, 5.74) is 2.29. The largest absolute Gasteiger partial charge is 0.344 e. The fraction of sp³-hybridized carbons (Fsp3) is 0.167. The number of H-pyrrole nitrogens is 1. The van der Waals surface area contributed by atoms with Gasteiger partial charge in [0.15, 0.2) is 0 Å². The minimum absolute atomic E-state index is 0.0975. The minimum atomic E-state index is -0.436. The number of hydrogen-bond donors (Lipinski definition) is 2. The Hall–Kier alpha value is -3.26. The summed E-state index contributed by atoms with van der Waals surface area (Å²) in [7, 11) is 0. The number of rotatable bonds is 5. The van der Waals surface area contributed by atoms with Gasteiger partial charge in [0, 0.05) is 23.0 Å². The van der Waals surface area contributed by atoms with Gasteiger partial charge < -0.3 is 14.8 Å². The Kier molecular flexibility index (Phi) is 4.55. The second-order valence-electron chi connectivity index (χ2n) is 6.01. The molecule has 3 heterocycles. The molecular formula is C18H15ClN6O2. The van der Waals surface area contributed by atoms with Crippen molar-refractivity contribution in [3.63, 3.8) is 0 Å². The summed E-state index contributed by atoms with van der Waals surface area (Å²) in [6.45, 7) is 1.77. The molecule has 0 fully saturated rings. The molecule has 136 valence electrons. The molecule has 9 heteroatoms. The Labute approximate surface area is 159 Å². The number of nitrogens with one attached hydrogen (secondary N) is 2. The lowest BCUT2D eigenvalue weighted by Gasteiger charge is -2.08. The molecule has 4 aromatic rings. The number of amides is 1. The fourth-order valence-corrected chi connectivity index (χ4v) is 2.82. The Morgan fingerprint density at radius 1 is 1.33 bits per heavy atom. The highest BCUT2D eigenvalue weighted by molar-refractivity contribution is 6.31. The first-order chi connectivity index (χ1) is 13.1. The maximum Gasteiger partial charge on any atom is 0.249 e. The average Bonchev–Trinajstić information content (AvgIpc) is 3.28. The van der Waals surface area contributed by atoms with E-state index in [1.807, 2.05) is 6.07 Å². The number of carbonyl (C=O) groups excluding carboxylic acids is 1. The van der Waals surface area contributed by atoms with Crippen LogP contribution in [0.1, 0.15) is 24.7 Å². The van der Waals surface area contributed by atoms with E-state index >= 15 is 0 Å². The molecule has 1 amide bonds. The molecule has 0 radical (unpaired) electrons. The van der Waals surface area contributed by atoms with Gasteiger partial charge in [-0.3, -0.25) is 9.78 Å². The molecule has 27 heavy (non-hydrogen) atoms. The van der Waals surface area contributed by atoms with Crippen LogP contribution in [0.2, 0.25) is 5.02 Å². The number of carbonyl (C=O) groups is 1. The van der Waals surface area contributed by atoms with Crippen LogP contribution in [0.25, 0.3) is 22.4 Å². The van der Waals surface area contributed by atoms with Gasteiger partial charge in [-0.1, -0.05) is 16.8 Å². The van der Waals surface area contributed by atoms with Gasteiger partial charge >= 0.3 is 0 Å². The summed E-state index contributed by atoms with van der Waals surface area (Å²) < 4.78 is 5.25. The topological polar surface area (TPSA) is 110 Å². The van der Waals surface area contributed by atoms with Crippen LogP contribution in [0.5, 0.6) is 0 Å². The van der Waals surface area contributed by atoms with Crippen molar-refractivity contribution < 1.29 is 9.32 Å². The molecule has 1 aromatic carbocycles. The summed E-state index contributed by atoms with van der Waals surface area (Å²) in [6.07, 6.45) is 3.41. The molecule has 4 rings (SSSR count). The molecule has 0 saturated heterocycles. The SMILES string of the molecule is CC(NC(=O)Cc1nc2ccc(Cl)cc2[nH]1)c1nc(-c2cccnc2)no1. The Balaban J connectivity index is 1.42. The summed E-state index contributed by atoms with van der Waals surface area (Å²) in [4.78, 5) is 28.1. The van der Waals surface area contributed by atoms with Crippen molar-refractivity contribution in [3.8, 4) is 11.4 Å². The van der Waals surface area contributed by atoms with Crippen LogP contribution in [0.4, 0.5) is 0 Å². The Bertz CT molecular complexity index is 1090. The second kappa shape index (κ2) is 7.16. The zero-order valence-electron chi connectivity index (χ0n) is 14.3. The second-order valence-corrected chi connectivity index (χ2v) is 6.45. The zero-order valence-corrected chi connectivity index (χ0v) is 15.1. The predicted molar refractivity (Wildman–Crippen MR) is 98.9 cm³/mol. The van der Waals surface area contributed by atoms with Crippen LogP contribution in [0.15, 0.2) is 47.2 Å². The number of aromatic nitrogens is 5. The third-order valence-corrected chi connectivity index (χ3v) is 4.17. The molecule has 0 aliphatic rings. The highest BCUT2D eigenvalue weighted by Gasteiger charge is 2.18. The van der Waals surface area contributed by atoms with Gasteiger partial charge in [-0.15, -0.1) is 0 Å². The average molecular weight is 383 g/mol. The lowest BCUT2D eigenvalue weighted by Crippen LogP contribution is -2.28. The van der Waals surface area contributed by atoms with Crippen LogP contribution in [-0.4, -0.2) is 31.0 Å². The number of aromatic amines is 1. The summed E-state index contributed by atoms with van der Waals surface area (Å²) >= 11 is 5.96.